The highest BCUT2D eigenvalue weighted by Crippen LogP contribution is 2.30. The van der Waals surface area contributed by atoms with Crippen LogP contribution in [0, 0.1) is 11.8 Å². The lowest BCUT2D eigenvalue weighted by Crippen LogP contribution is -2.46. The minimum Gasteiger partial charge on any atom is -0.354 e. The van der Waals surface area contributed by atoms with Crippen molar-refractivity contribution in [1.82, 2.24) is 15.5 Å². The van der Waals surface area contributed by atoms with Crippen LogP contribution in [-0.4, -0.2) is 48.9 Å². The van der Waals surface area contributed by atoms with E-state index in [2.05, 4.69) is 10.6 Å². The summed E-state index contributed by atoms with van der Waals surface area (Å²) in [6.07, 6.45) is 9.99. The van der Waals surface area contributed by atoms with Gasteiger partial charge in [-0.25, -0.2) is 0 Å². The molecule has 0 aromatic carbocycles. The predicted molar refractivity (Wildman–Crippen MR) is 89.9 cm³/mol. The van der Waals surface area contributed by atoms with E-state index in [1.807, 2.05) is 4.90 Å². The molecule has 5 heteroatoms. The second kappa shape index (κ2) is 8.13. The summed E-state index contributed by atoms with van der Waals surface area (Å²) in [6.45, 7) is 3.38. The molecule has 0 aromatic heterocycles. The molecule has 3 fully saturated rings. The molecule has 23 heavy (non-hydrogen) atoms. The Labute approximate surface area is 139 Å². The zero-order valence-corrected chi connectivity index (χ0v) is 14.2. The molecule has 2 aliphatic heterocycles. The minimum atomic E-state index is -0.00111. The smallest absolute Gasteiger partial charge is 0.237 e. The van der Waals surface area contributed by atoms with Gasteiger partial charge in [0.1, 0.15) is 0 Å². The summed E-state index contributed by atoms with van der Waals surface area (Å²) in [5.74, 6) is 1.68. The Kier molecular flexibility index (Phi) is 5.92. The summed E-state index contributed by atoms with van der Waals surface area (Å²) in [7, 11) is 0. The van der Waals surface area contributed by atoms with Crippen LogP contribution in [0.25, 0.3) is 0 Å². The first-order valence-corrected chi connectivity index (χ1v) is 9.51. The number of likely N-dealkylation sites (tertiary alicyclic amines) is 1. The van der Waals surface area contributed by atoms with Crippen LogP contribution in [0.15, 0.2) is 0 Å². The van der Waals surface area contributed by atoms with Gasteiger partial charge in [0, 0.05) is 26.1 Å². The number of amides is 2. The number of hydrogen-bond donors (Lipinski definition) is 2. The van der Waals surface area contributed by atoms with E-state index in [0.717, 1.165) is 64.1 Å². The summed E-state index contributed by atoms with van der Waals surface area (Å²) < 4.78 is 0. The highest BCUT2D eigenvalue weighted by molar-refractivity contribution is 5.82. The van der Waals surface area contributed by atoms with Crippen LogP contribution in [0.3, 0.4) is 0 Å². The third-order valence-corrected chi connectivity index (χ3v) is 5.80. The number of piperidine rings is 1. The zero-order chi connectivity index (χ0) is 16.1. The molecule has 2 saturated heterocycles. The van der Waals surface area contributed by atoms with Gasteiger partial charge in [0.25, 0.3) is 0 Å². The van der Waals surface area contributed by atoms with Crippen LogP contribution >= 0.6 is 0 Å². The average molecular weight is 321 g/mol. The first-order chi connectivity index (χ1) is 11.2. The lowest BCUT2D eigenvalue weighted by Gasteiger charge is -2.34. The lowest BCUT2D eigenvalue weighted by molar-refractivity contribution is -0.133. The molecule has 0 bridgehead atoms. The van der Waals surface area contributed by atoms with Crippen molar-refractivity contribution in [3.8, 4) is 0 Å². The van der Waals surface area contributed by atoms with Gasteiger partial charge < -0.3 is 15.5 Å². The molecule has 3 aliphatic rings. The zero-order valence-electron chi connectivity index (χ0n) is 14.2. The van der Waals surface area contributed by atoms with E-state index in [4.69, 9.17) is 0 Å². The number of carbonyl (C=O) groups excluding carboxylic acids is 2. The van der Waals surface area contributed by atoms with Crippen molar-refractivity contribution in [3.63, 3.8) is 0 Å². The van der Waals surface area contributed by atoms with Gasteiger partial charge in [-0.1, -0.05) is 19.3 Å². The number of nitrogens with one attached hydrogen (secondary N) is 2. The molecule has 1 saturated carbocycles. The summed E-state index contributed by atoms with van der Waals surface area (Å²) >= 11 is 0. The Morgan fingerprint density at radius 2 is 1.87 bits per heavy atom. The number of hydrogen-bond acceptors (Lipinski definition) is 3. The molecular formula is C18H31N3O2. The fourth-order valence-corrected chi connectivity index (χ4v) is 4.00. The standard InChI is InChI=1S/C18H31N3O2/c22-17(9-8-14-4-1-5-14)21-11-3-6-15(13-21)12-20-18(23)16-7-2-10-19-16/h14-16,19H,1-13H2,(H,20,23)/t15-,16+/m1/s1. The highest BCUT2D eigenvalue weighted by Gasteiger charge is 2.27. The molecule has 130 valence electrons. The van der Waals surface area contributed by atoms with Crippen molar-refractivity contribution < 1.29 is 9.59 Å². The summed E-state index contributed by atoms with van der Waals surface area (Å²) in [4.78, 5) is 26.5. The third-order valence-electron chi connectivity index (χ3n) is 5.80. The molecule has 2 heterocycles. The molecule has 5 nitrogen and oxygen atoms in total. The normalized spacial score (nSPS) is 28.4. The van der Waals surface area contributed by atoms with Gasteiger partial charge in [0.2, 0.25) is 11.8 Å². The number of rotatable bonds is 6. The molecule has 2 atom stereocenters. The van der Waals surface area contributed by atoms with Crippen LogP contribution in [-0.2, 0) is 9.59 Å². The van der Waals surface area contributed by atoms with Gasteiger partial charge >= 0.3 is 0 Å². The maximum absolute atomic E-state index is 12.4. The maximum Gasteiger partial charge on any atom is 0.237 e. The number of nitrogens with zero attached hydrogens (tertiary/aromatic N) is 1. The maximum atomic E-state index is 12.4. The van der Waals surface area contributed by atoms with E-state index in [9.17, 15) is 9.59 Å². The van der Waals surface area contributed by atoms with Gasteiger partial charge in [0.15, 0.2) is 0 Å². The lowest BCUT2D eigenvalue weighted by atomic mass is 9.82. The molecule has 0 spiro atoms. The molecule has 3 rings (SSSR count). The second-order valence-corrected chi connectivity index (χ2v) is 7.58. The van der Waals surface area contributed by atoms with Crippen molar-refractivity contribution in [3.05, 3.63) is 0 Å². The Morgan fingerprint density at radius 3 is 2.57 bits per heavy atom. The average Bonchev–Trinajstić information content (AvgIpc) is 3.06. The van der Waals surface area contributed by atoms with Gasteiger partial charge in [-0.15, -0.1) is 0 Å². The Morgan fingerprint density at radius 1 is 1.04 bits per heavy atom. The minimum absolute atomic E-state index is 0.00111. The first-order valence-electron chi connectivity index (χ1n) is 9.51. The van der Waals surface area contributed by atoms with E-state index in [1.54, 1.807) is 0 Å². The molecule has 2 amide bonds. The fraction of sp³-hybridized carbons (Fsp3) is 0.889. The monoisotopic (exact) mass is 321 g/mol. The van der Waals surface area contributed by atoms with Gasteiger partial charge in [-0.05, 0) is 50.5 Å². The summed E-state index contributed by atoms with van der Waals surface area (Å²) in [5.41, 5.74) is 0. The Bertz CT molecular complexity index is 416. The van der Waals surface area contributed by atoms with Crippen LogP contribution in [0.2, 0.25) is 0 Å². The molecule has 0 unspecified atom stereocenters. The van der Waals surface area contributed by atoms with Crippen molar-refractivity contribution in [1.29, 1.82) is 0 Å². The van der Waals surface area contributed by atoms with E-state index < -0.39 is 0 Å². The summed E-state index contributed by atoms with van der Waals surface area (Å²) in [6, 6.07) is -0.00111. The molecule has 2 N–H and O–H groups in total. The van der Waals surface area contributed by atoms with Crippen molar-refractivity contribution in [2.24, 2.45) is 11.8 Å². The van der Waals surface area contributed by atoms with E-state index in [-0.39, 0.29) is 11.9 Å². The van der Waals surface area contributed by atoms with Gasteiger partial charge in [-0.3, -0.25) is 9.59 Å². The van der Waals surface area contributed by atoms with E-state index in [1.165, 1.54) is 19.3 Å². The van der Waals surface area contributed by atoms with E-state index >= 15 is 0 Å². The molecule has 0 radical (unpaired) electrons. The SMILES string of the molecule is O=C(NC[C@H]1CCCN(C(=O)CCC2CCC2)C1)[C@@H]1CCCN1. The van der Waals surface area contributed by atoms with Gasteiger partial charge in [-0.2, -0.15) is 0 Å². The van der Waals surface area contributed by atoms with Crippen LogP contribution < -0.4 is 10.6 Å². The van der Waals surface area contributed by atoms with E-state index in [0.29, 0.717) is 18.4 Å². The molecule has 1 aliphatic carbocycles. The van der Waals surface area contributed by atoms with Gasteiger partial charge in [0.05, 0.1) is 6.04 Å². The Balaban J connectivity index is 1.36. The largest absolute Gasteiger partial charge is 0.354 e. The summed E-state index contributed by atoms with van der Waals surface area (Å²) in [5, 5.41) is 6.32. The Hall–Kier alpha value is -1.10. The molecular weight excluding hydrogens is 290 g/mol. The topological polar surface area (TPSA) is 61.4 Å². The quantitative estimate of drug-likeness (QED) is 0.782. The predicted octanol–water partition coefficient (Wildman–Crippen LogP) is 1.67. The van der Waals surface area contributed by atoms with Crippen molar-refractivity contribution >= 4 is 11.8 Å². The first kappa shape index (κ1) is 16.7. The second-order valence-electron chi connectivity index (χ2n) is 7.58. The van der Waals surface area contributed by atoms with Crippen LogP contribution in [0.1, 0.15) is 57.8 Å². The van der Waals surface area contributed by atoms with Crippen LogP contribution in [0.5, 0.6) is 0 Å². The fourth-order valence-electron chi connectivity index (χ4n) is 4.00. The highest BCUT2D eigenvalue weighted by atomic mass is 16.2. The van der Waals surface area contributed by atoms with Crippen molar-refractivity contribution in [2.45, 2.75) is 63.8 Å². The van der Waals surface area contributed by atoms with Crippen molar-refractivity contribution in [2.75, 3.05) is 26.2 Å². The molecule has 0 aromatic rings. The third kappa shape index (κ3) is 4.69. The van der Waals surface area contributed by atoms with Crippen LogP contribution in [0.4, 0.5) is 0 Å². The number of carbonyl (C=O) groups is 2.